The maximum Gasteiger partial charge on any atom is 0.573 e. The van der Waals surface area contributed by atoms with Crippen molar-refractivity contribution >= 4 is 5.97 Å². The number of nitrogens with zero attached hydrogens (tertiary/aromatic N) is 1. The van der Waals surface area contributed by atoms with E-state index in [-0.39, 0.29) is 29.7 Å². The Hall–Kier alpha value is -2.27. The molecule has 0 saturated heterocycles. The number of hydrogen-bond donors (Lipinski definition) is 1. The summed E-state index contributed by atoms with van der Waals surface area (Å²) in [5.41, 5.74) is 5.76. The molecule has 0 heterocycles. The van der Waals surface area contributed by atoms with E-state index in [2.05, 4.69) is 9.47 Å². The summed E-state index contributed by atoms with van der Waals surface area (Å²) in [6.45, 7) is -0.143. The minimum atomic E-state index is -4.87. The van der Waals surface area contributed by atoms with Crippen LogP contribution in [0.25, 0.3) is 0 Å². The quantitative estimate of drug-likeness (QED) is 0.851. The highest BCUT2D eigenvalue weighted by atomic mass is 19.4. The lowest BCUT2D eigenvalue weighted by atomic mass is 9.98. The number of benzene rings is 1. The zero-order chi connectivity index (χ0) is 15.3. The van der Waals surface area contributed by atoms with Crippen molar-refractivity contribution in [1.82, 2.24) is 0 Å². The molecule has 20 heavy (non-hydrogen) atoms. The molecule has 1 rings (SSSR count). The van der Waals surface area contributed by atoms with Gasteiger partial charge in [0.05, 0.1) is 25.2 Å². The summed E-state index contributed by atoms with van der Waals surface area (Å²) in [7, 11) is 1.16. The molecule has 0 bridgehead atoms. The second-order valence-electron chi connectivity index (χ2n) is 3.73. The van der Waals surface area contributed by atoms with Gasteiger partial charge < -0.3 is 15.2 Å². The Bertz CT molecular complexity index is 550. The van der Waals surface area contributed by atoms with E-state index in [1.807, 2.05) is 0 Å². The van der Waals surface area contributed by atoms with Crippen LogP contribution in [0, 0.1) is 11.3 Å². The van der Waals surface area contributed by atoms with Gasteiger partial charge in [0.2, 0.25) is 0 Å². The highest BCUT2D eigenvalue weighted by molar-refractivity contribution is 5.74. The van der Waals surface area contributed by atoms with Gasteiger partial charge in [0.15, 0.2) is 0 Å². The van der Waals surface area contributed by atoms with Crippen LogP contribution in [0.5, 0.6) is 5.75 Å². The Morgan fingerprint density at radius 1 is 1.45 bits per heavy atom. The number of ether oxygens (including phenoxy) is 2. The number of nitrogens with two attached hydrogens (primary N) is 1. The summed E-state index contributed by atoms with van der Waals surface area (Å²) in [6.07, 6.45) is -5.12. The number of hydrogen-bond acceptors (Lipinski definition) is 5. The van der Waals surface area contributed by atoms with Crippen LogP contribution in [0.2, 0.25) is 0 Å². The van der Waals surface area contributed by atoms with E-state index in [0.717, 1.165) is 19.2 Å². The van der Waals surface area contributed by atoms with Crippen molar-refractivity contribution in [1.29, 1.82) is 5.26 Å². The summed E-state index contributed by atoms with van der Waals surface area (Å²) < 4.78 is 44.7. The first-order chi connectivity index (χ1) is 9.30. The van der Waals surface area contributed by atoms with Gasteiger partial charge >= 0.3 is 12.3 Å². The van der Waals surface area contributed by atoms with Gasteiger partial charge in [0, 0.05) is 6.54 Å². The Balaban J connectivity index is 3.25. The van der Waals surface area contributed by atoms with Crippen LogP contribution >= 0.6 is 0 Å². The van der Waals surface area contributed by atoms with Crippen molar-refractivity contribution in [2.45, 2.75) is 19.3 Å². The molecule has 0 radical (unpaired) electrons. The van der Waals surface area contributed by atoms with Crippen LogP contribution in [0.15, 0.2) is 12.1 Å². The first-order valence-electron chi connectivity index (χ1n) is 5.39. The van der Waals surface area contributed by atoms with Gasteiger partial charge in [-0.15, -0.1) is 13.2 Å². The molecule has 0 aromatic heterocycles. The molecule has 108 valence electrons. The molecule has 0 aliphatic heterocycles. The number of alkyl halides is 3. The number of nitriles is 1. The lowest BCUT2D eigenvalue weighted by molar-refractivity contribution is -0.274. The van der Waals surface area contributed by atoms with Gasteiger partial charge in [-0.25, -0.2) is 0 Å². The van der Waals surface area contributed by atoms with Crippen molar-refractivity contribution in [3.05, 3.63) is 28.8 Å². The van der Waals surface area contributed by atoms with Crippen molar-refractivity contribution in [2.75, 3.05) is 7.11 Å². The lowest BCUT2D eigenvalue weighted by Gasteiger charge is -2.14. The minimum Gasteiger partial charge on any atom is -0.469 e. The first-order valence-corrected chi connectivity index (χ1v) is 5.39. The van der Waals surface area contributed by atoms with Crippen molar-refractivity contribution in [2.24, 2.45) is 5.73 Å². The van der Waals surface area contributed by atoms with Crippen LogP contribution in [0.1, 0.15) is 16.7 Å². The Kier molecular flexibility index (Phi) is 4.94. The van der Waals surface area contributed by atoms with E-state index in [1.165, 1.54) is 0 Å². The molecule has 0 atom stereocenters. The second kappa shape index (κ2) is 6.25. The number of esters is 1. The SMILES string of the molecule is COC(=O)Cc1c(C#N)cc(OC(F)(F)F)cc1CN. The standard InChI is InChI=1S/C12H11F3N2O3/c1-19-11(18)4-10-7(5-16)2-9(3-8(10)6-17)20-12(13,14)15/h2-3H,4-5,16H2,1H3. The molecule has 1 aromatic carbocycles. The molecular formula is C12H11F3N2O3. The fourth-order valence-corrected chi connectivity index (χ4v) is 1.60. The molecule has 0 saturated carbocycles. The summed E-state index contributed by atoms with van der Waals surface area (Å²) in [4.78, 5) is 11.2. The smallest absolute Gasteiger partial charge is 0.469 e. The number of methoxy groups -OCH3 is 1. The lowest BCUT2D eigenvalue weighted by Crippen LogP contribution is -2.18. The molecule has 0 aliphatic rings. The highest BCUT2D eigenvalue weighted by Gasteiger charge is 2.31. The minimum absolute atomic E-state index is 0.113. The third kappa shape index (κ3) is 4.13. The fraction of sp³-hybridized carbons (Fsp3) is 0.333. The summed E-state index contributed by atoms with van der Waals surface area (Å²) in [6, 6.07) is 3.67. The molecule has 0 amide bonds. The molecule has 0 spiro atoms. The zero-order valence-corrected chi connectivity index (χ0v) is 10.5. The van der Waals surface area contributed by atoms with E-state index in [1.54, 1.807) is 6.07 Å². The molecule has 2 N–H and O–H groups in total. The molecule has 8 heteroatoms. The van der Waals surface area contributed by atoms with Gasteiger partial charge in [-0.3, -0.25) is 4.79 Å². The molecule has 0 unspecified atom stereocenters. The Morgan fingerprint density at radius 2 is 2.10 bits per heavy atom. The monoisotopic (exact) mass is 288 g/mol. The average molecular weight is 288 g/mol. The van der Waals surface area contributed by atoms with Crippen LogP contribution in [0.3, 0.4) is 0 Å². The van der Waals surface area contributed by atoms with Crippen LogP contribution < -0.4 is 10.5 Å². The molecular weight excluding hydrogens is 277 g/mol. The second-order valence-corrected chi connectivity index (χ2v) is 3.73. The van der Waals surface area contributed by atoms with Crippen LogP contribution in [0.4, 0.5) is 13.2 Å². The summed E-state index contributed by atoms with van der Waals surface area (Å²) in [5.74, 6) is -1.18. The molecule has 0 aliphatic carbocycles. The van der Waals surface area contributed by atoms with Gasteiger partial charge in [-0.1, -0.05) is 0 Å². The van der Waals surface area contributed by atoms with E-state index in [9.17, 15) is 18.0 Å². The van der Waals surface area contributed by atoms with Crippen molar-refractivity contribution in [3.63, 3.8) is 0 Å². The predicted molar refractivity (Wildman–Crippen MR) is 61.5 cm³/mol. The van der Waals surface area contributed by atoms with Gasteiger partial charge in [0.25, 0.3) is 0 Å². The van der Waals surface area contributed by atoms with Gasteiger partial charge in [-0.2, -0.15) is 5.26 Å². The molecule has 5 nitrogen and oxygen atoms in total. The Labute approximate surface area is 112 Å². The molecule has 0 fully saturated rings. The normalized spacial score (nSPS) is 10.8. The van der Waals surface area contributed by atoms with Crippen LogP contribution in [-0.4, -0.2) is 19.4 Å². The fourth-order valence-electron chi connectivity index (χ4n) is 1.60. The van der Waals surface area contributed by atoms with E-state index in [4.69, 9.17) is 11.0 Å². The summed E-state index contributed by atoms with van der Waals surface area (Å²) >= 11 is 0. The maximum atomic E-state index is 12.2. The van der Waals surface area contributed by atoms with E-state index in [0.29, 0.717) is 0 Å². The number of carbonyl (C=O) groups excluding carboxylic acids is 1. The maximum absolute atomic E-state index is 12.2. The first kappa shape index (κ1) is 15.8. The topological polar surface area (TPSA) is 85.3 Å². The third-order valence-electron chi connectivity index (χ3n) is 2.44. The van der Waals surface area contributed by atoms with Crippen molar-refractivity contribution < 1.29 is 27.4 Å². The number of rotatable bonds is 4. The number of halogens is 3. The van der Waals surface area contributed by atoms with E-state index < -0.39 is 18.1 Å². The van der Waals surface area contributed by atoms with Crippen molar-refractivity contribution in [3.8, 4) is 11.8 Å². The van der Waals surface area contributed by atoms with Gasteiger partial charge in [0.1, 0.15) is 5.75 Å². The number of carbonyl (C=O) groups is 1. The molecule has 1 aromatic rings. The van der Waals surface area contributed by atoms with Crippen LogP contribution in [-0.2, 0) is 22.5 Å². The largest absolute Gasteiger partial charge is 0.573 e. The average Bonchev–Trinajstić information content (AvgIpc) is 2.37. The van der Waals surface area contributed by atoms with E-state index >= 15 is 0 Å². The van der Waals surface area contributed by atoms with Gasteiger partial charge in [-0.05, 0) is 23.3 Å². The summed E-state index contributed by atoms with van der Waals surface area (Å²) in [5, 5.41) is 8.97. The third-order valence-corrected chi connectivity index (χ3v) is 2.44. The predicted octanol–water partition coefficient (Wildman–Crippen LogP) is 1.63. The highest BCUT2D eigenvalue weighted by Crippen LogP contribution is 2.28. The Morgan fingerprint density at radius 3 is 2.55 bits per heavy atom. The zero-order valence-electron chi connectivity index (χ0n) is 10.5.